The van der Waals surface area contributed by atoms with Crippen molar-refractivity contribution in [3.8, 4) is 5.75 Å². The van der Waals surface area contributed by atoms with Crippen molar-refractivity contribution in [3.05, 3.63) is 30.6 Å². The smallest absolute Gasteiger partial charge is 0.298 e. The number of rotatable bonds is 8. The fourth-order valence-electron chi connectivity index (χ4n) is 3.72. The number of ether oxygens (including phenoxy) is 1. The monoisotopic (exact) mass is 398 g/mol. The van der Waals surface area contributed by atoms with Gasteiger partial charge in [0.15, 0.2) is 5.58 Å². The van der Waals surface area contributed by atoms with Crippen LogP contribution in [0.4, 0.5) is 6.01 Å². The second kappa shape index (κ2) is 8.93. The maximum absolute atomic E-state index is 12.3. The fraction of sp³-hybridized carbons (Fsp3) is 0.500. The lowest BCUT2D eigenvalue weighted by Crippen LogP contribution is -2.38. The average molecular weight is 398 g/mol. The first-order valence-corrected chi connectivity index (χ1v) is 10.0. The maximum Gasteiger partial charge on any atom is 0.298 e. The van der Waals surface area contributed by atoms with Crippen molar-refractivity contribution in [1.29, 1.82) is 0 Å². The zero-order chi connectivity index (χ0) is 20.1. The van der Waals surface area contributed by atoms with Gasteiger partial charge in [0.05, 0.1) is 13.3 Å². The van der Waals surface area contributed by atoms with Crippen LogP contribution in [0.15, 0.2) is 35.0 Å². The molecule has 3 aromatic rings. The highest BCUT2D eigenvalue weighted by Gasteiger charge is 2.25. The van der Waals surface area contributed by atoms with E-state index in [2.05, 4.69) is 25.5 Å². The standard InChI is InChI=1S/C20H26N6O3/c1-28-16-5-6-18-17(13-16)23-20(29-18)25-9-2-4-15(14-25)12-19(27)21-7-3-10-26-11-8-22-24-26/h5-6,8,11,13,15H,2-4,7,9-10,12,14H2,1H3,(H,21,27). The summed E-state index contributed by atoms with van der Waals surface area (Å²) in [6, 6.07) is 6.23. The van der Waals surface area contributed by atoms with Gasteiger partial charge in [0.25, 0.3) is 6.01 Å². The minimum Gasteiger partial charge on any atom is -0.497 e. The first-order chi connectivity index (χ1) is 14.2. The molecule has 1 aromatic carbocycles. The van der Waals surface area contributed by atoms with Crippen molar-refractivity contribution in [3.63, 3.8) is 0 Å². The number of aromatic nitrogens is 4. The van der Waals surface area contributed by atoms with Crippen LogP contribution in [-0.2, 0) is 11.3 Å². The lowest BCUT2D eigenvalue weighted by atomic mass is 9.94. The van der Waals surface area contributed by atoms with Crippen LogP contribution in [0.25, 0.3) is 11.1 Å². The molecule has 1 saturated heterocycles. The van der Waals surface area contributed by atoms with Crippen LogP contribution < -0.4 is 15.0 Å². The molecule has 0 bridgehead atoms. The first kappa shape index (κ1) is 19.2. The van der Waals surface area contributed by atoms with Crippen LogP contribution in [0.3, 0.4) is 0 Å². The minimum atomic E-state index is 0.0951. The van der Waals surface area contributed by atoms with Crippen LogP contribution in [0, 0.1) is 5.92 Å². The molecule has 1 aliphatic rings. The van der Waals surface area contributed by atoms with Gasteiger partial charge in [0, 0.05) is 44.9 Å². The molecule has 0 radical (unpaired) electrons. The summed E-state index contributed by atoms with van der Waals surface area (Å²) in [6.07, 6.45) is 6.89. The number of amides is 1. The number of benzene rings is 1. The van der Waals surface area contributed by atoms with Gasteiger partial charge in [-0.1, -0.05) is 5.21 Å². The summed E-state index contributed by atoms with van der Waals surface area (Å²) < 4.78 is 12.9. The molecule has 1 aliphatic heterocycles. The molecule has 0 saturated carbocycles. The average Bonchev–Trinajstić information content (AvgIpc) is 3.40. The molecule has 9 heteroatoms. The zero-order valence-electron chi connectivity index (χ0n) is 16.6. The Morgan fingerprint density at radius 1 is 1.41 bits per heavy atom. The van der Waals surface area contributed by atoms with E-state index in [-0.39, 0.29) is 5.91 Å². The van der Waals surface area contributed by atoms with Crippen molar-refractivity contribution in [1.82, 2.24) is 25.3 Å². The highest BCUT2D eigenvalue weighted by Crippen LogP contribution is 2.29. The van der Waals surface area contributed by atoms with Crippen LogP contribution in [-0.4, -0.2) is 52.6 Å². The zero-order valence-corrected chi connectivity index (χ0v) is 16.6. The number of piperidine rings is 1. The Bertz CT molecular complexity index is 939. The van der Waals surface area contributed by atoms with E-state index < -0.39 is 0 Å². The van der Waals surface area contributed by atoms with Gasteiger partial charge in [0.1, 0.15) is 11.3 Å². The lowest BCUT2D eigenvalue weighted by Gasteiger charge is -2.31. The molecule has 9 nitrogen and oxygen atoms in total. The molecule has 0 aliphatic carbocycles. The van der Waals surface area contributed by atoms with E-state index in [4.69, 9.17) is 9.15 Å². The van der Waals surface area contributed by atoms with Crippen LogP contribution in [0.2, 0.25) is 0 Å². The highest BCUT2D eigenvalue weighted by molar-refractivity contribution is 5.77. The Labute approximate surface area is 169 Å². The molecule has 1 atom stereocenters. The van der Waals surface area contributed by atoms with E-state index in [1.165, 1.54) is 0 Å². The summed E-state index contributed by atoms with van der Waals surface area (Å²) in [4.78, 5) is 19.1. The second-order valence-corrected chi connectivity index (χ2v) is 7.36. The molecule has 4 rings (SSSR count). The van der Waals surface area contributed by atoms with Crippen molar-refractivity contribution in [2.45, 2.75) is 32.2 Å². The molecule has 29 heavy (non-hydrogen) atoms. The largest absolute Gasteiger partial charge is 0.497 e. The van der Waals surface area contributed by atoms with Gasteiger partial charge in [0.2, 0.25) is 5.91 Å². The molecule has 154 valence electrons. The number of carbonyl (C=O) groups is 1. The second-order valence-electron chi connectivity index (χ2n) is 7.36. The molecule has 1 unspecified atom stereocenters. The predicted octanol–water partition coefficient (Wildman–Crippen LogP) is 2.24. The Morgan fingerprint density at radius 2 is 2.34 bits per heavy atom. The molecular formula is C20H26N6O3. The van der Waals surface area contributed by atoms with Gasteiger partial charge in [-0.15, -0.1) is 5.10 Å². The number of nitrogens with zero attached hydrogens (tertiary/aromatic N) is 5. The molecule has 3 heterocycles. The predicted molar refractivity (Wildman–Crippen MR) is 108 cm³/mol. The highest BCUT2D eigenvalue weighted by atomic mass is 16.5. The number of anilines is 1. The van der Waals surface area contributed by atoms with E-state index in [0.29, 0.717) is 24.9 Å². The van der Waals surface area contributed by atoms with Crippen molar-refractivity contribution in [2.75, 3.05) is 31.6 Å². The quantitative estimate of drug-likeness (QED) is 0.581. The summed E-state index contributed by atoms with van der Waals surface area (Å²) >= 11 is 0. The first-order valence-electron chi connectivity index (χ1n) is 10.0. The molecule has 1 amide bonds. The molecule has 1 fully saturated rings. The number of fused-ring (bicyclic) bond motifs is 1. The summed E-state index contributed by atoms with van der Waals surface area (Å²) in [5, 5.41) is 10.7. The van der Waals surface area contributed by atoms with Gasteiger partial charge >= 0.3 is 0 Å². The third-order valence-corrected chi connectivity index (χ3v) is 5.21. The maximum atomic E-state index is 12.3. The van der Waals surface area contributed by atoms with Gasteiger partial charge in [-0.2, -0.15) is 4.98 Å². The summed E-state index contributed by atoms with van der Waals surface area (Å²) in [5.74, 6) is 1.15. The fourth-order valence-corrected chi connectivity index (χ4v) is 3.72. The van der Waals surface area contributed by atoms with Crippen LogP contribution in [0.5, 0.6) is 5.75 Å². The summed E-state index contributed by atoms with van der Waals surface area (Å²) in [5.41, 5.74) is 1.53. The number of oxazole rings is 1. The van der Waals surface area contributed by atoms with Crippen molar-refractivity contribution in [2.24, 2.45) is 5.92 Å². The summed E-state index contributed by atoms with van der Waals surface area (Å²) in [7, 11) is 1.64. The Kier molecular flexibility index (Phi) is 5.92. The van der Waals surface area contributed by atoms with E-state index >= 15 is 0 Å². The van der Waals surface area contributed by atoms with Gasteiger partial charge < -0.3 is 19.4 Å². The van der Waals surface area contributed by atoms with Crippen LogP contribution >= 0.6 is 0 Å². The van der Waals surface area contributed by atoms with Crippen LogP contribution in [0.1, 0.15) is 25.7 Å². The van der Waals surface area contributed by atoms with Gasteiger partial charge in [-0.3, -0.25) is 9.48 Å². The van der Waals surface area contributed by atoms with Crippen molar-refractivity contribution < 1.29 is 13.9 Å². The SMILES string of the molecule is COc1ccc2oc(N3CCCC(CC(=O)NCCCn4ccnn4)C3)nc2c1. The number of nitrogens with one attached hydrogen (secondary N) is 1. The Hall–Kier alpha value is -3.10. The van der Waals surface area contributed by atoms with E-state index in [0.717, 1.165) is 55.7 Å². The minimum absolute atomic E-state index is 0.0951. The number of aryl methyl sites for hydroxylation is 1. The molecule has 0 spiro atoms. The third kappa shape index (κ3) is 4.85. The van der Waals surface area contributed by atoms with E-state index in [1.807, 2.05) is 24.4 Å². The molecule has 2 aromatic heterocycles. The number of carbonyl (C=O) groups excluding carboxylic acids is 1. The summed E-state index contributed by atoms with van der Waals surface area (Å²) in [6.45, 7) is 3.05. The lowest BCUT2D eigenvalue weighted by molar-refractivity contribution is -0.122. The van der Waals surface area contributed by atoms with Gasteiger partial charge in [-0.25, -0.2) is 0 Å². The number of methoxy groups -OCH3 is 1. The normalized spacial score (nSPS) is 16.9. The number of hydrogen-bond acceptors (Lipinski definition) is 7. The Balaban J connectivity index is 1.27. The topological polar surface area (TPSA) is 98.3 Å². The third-order valence-electron chi connectivity index (χ3n) is 5.21. The van der Waals surface area contributed by atoms with Gasteiger partial charge in [-0.05, 0) is 37.3 Å². The molecular weight excluding hydrogens is 372 g/mol. The number of hydrogen-bond donors (Lipinski definition) is 1. The Morgan fingerprint density at radius 3 is 3.17 bits per heavy atom. The van der Waals surface area contributed by atoms with Crippen molar-refractivity contribution >= 4 is 23.0 Å². The molecule has 1 N–H and O–H groups in total. The van der Waals surface area contributed by atoms with E-state index in [1.54, 1.807) is 18.0 Å². The van der Waals surface area contributed by atoms with E-state index in [9.17, 15) is 4.79 Å².